The minimum absolute atomic E-state index is 0.181. The Balaban J connectivity index is 3.31. The van der Waals surface area contributed by atoms with Crippen LogP contribution >= 0.6 is 34.2 Å². The Labute approximate surface area is 87.1 Å². The summed E-state index contributed by atoms with van der Waals surface area (Å²) in [4.78, 5) is 17.7. The van der Waals surface area contributed by atoms with Crippen LogP contribution in [0.15, 0.2) is 0 Å². The lowest BCUT2D eigenvalue weighted by Gasteiger charge is -2.00. The first-order valence-electron chi connectivity index (χ1n) is 2.95. The van der Waals surface area contributed by atoms with E-state index in [-0.39, 0.29) is 11.0 Å². The molecule has 0 radical (unpaired) electrons. The number of nitrogens with zero attached hydrogens (tertiary/aromatic N) is 2. The van der Waals surface area contributed by atoms with E-state index in [0.717, 1.165) is 0 Å². The quantitative estimate of drug-likeness (QED) is 0.633. The van der Waals surface area contributed by atoms with Gasteiger partial charge in [-0.1, -0.05) is 11.6 Å². The van der Waals surface area contributed by atoms with Gasteiger partial charge in [-0.05, 0) is 29.5 Å². The van der Waals surface area contributed by atoms with Crippen LogP contribution in [0.25, 0.3) is 0 Å². The standard InChI is InChI=1S/C6H4ClIN2O2/c1-2-3(8)4(7)10-5(9-2)6(11)12/h1H3,(H,11,12). The van der Waals surface area contributed by atoms with Gasteiger partial charge in [-0.2, -0.15) is 0 Å². The van der Waals surface area contributed by atoms with E-state index < -0.39 is 5.97 Å². The molecule has 1 heterocycles. The van der Waals surface area contributed by atoms with Crippen LogP contribution in [-0.4, -0.2) is 21.0 Å². The first kappa shape index (κ1) is 9.66. The number of carboxylic acid groups (broad SMARTS) is 1. The van der Waals surface area contributed by atoms with Gasteiger partial charge in [0.05, 0.1) is 9.26 Å². The highest BCUT2D eigenvalue weighted by molar-refractivity contribution is 14.1. The summed E-state index contributed by atoms with van der Waals surface area (Å²) in [5, 5.41) is 8.72. The Morgan fingerprint density at radius 2 is 2.17 bits per heavy atom. The minimum Gasteiger partial charge on any atom is -0.475 e. The van der Waals surface area contributed by atoms with E-state index in [2.05, 4.69) is 9.97 Å². The highest BCUT2D eigenvalue weighted by atomic mass is 127. The predicted octanol–water partition coefficient (Wildman–Crippen LogP) is 1.74. The monoisotopic (exact) mass is 298 g/mol. The van der Waals surface area contributed by atoms with Crippen LogP contribution in [0.5, 0.6) is 0 Å². The molecule has 12 heavy (non-hydrogen) atoms. The van der Waals surface area contributed by atoms with Crippen molar-refractivity contribution in [2.24, 2.45) is 0 Å². The van der Waals surface area contributed by atoms with Crippen molar-refractivity contribution >= 4 is 40.2 Å². The summed E-state index contributed by atoms with van der Waals surface area (Å²) in [6, 6.07) is 0. The van der Waals surface area contributed by atoms with Gasteiger partial charge in [0.25, 0.3) is 0 Å². The second-order valence-corrected chi connectivity index (χ2v) is 3.48. The molecule has 1 aromatic heterocycles. The van der Waals surface area contributed by atoms with E-state index in [1.54, 1.807) is 6.92 Å². The maximum Gasteiger partial charge on any atom is 0.373 e. The maximum atomic E-state index is 10.4. The van der Waals surface area contributed by atoms with Gasteiger partial charge < -0.3 is 5.11 Å². The number of rotatable bonds is 1. The Kier molecular flexibility index (Phi) is 2.84. The minimum atomic E-state index is -1.17. The molecule has 0 atom stereocenters. The molecule has 0 aliphatic heterocycles. The fourth-order valence-electron chi connectivity index (χ4n) is 0.620. The van der Waals surface area contributed by atoms with Gasteiger partial charge in [-0.3, -0.25) is 0 Å². The number of hydrogen-bond donors (Lipinski definition) is 1. The van der Waals surface area contributed by atoms with E-state index in [0.29, 0.717) is 9.26 Å². The van der Waals surface area contributed by atoms with E-state index in [9.17, 15) is 4.79 Å². The lowest BCUT2D eigenvalue weighted by Crippen LogP contribution is -2.06. The van der Waals surface area contributed by atoms with Crippen LogP contribution in [0.1, 0.15) is 16.3 Å². The van der Waals surface area contributed by atoms with Crippen LogP contribution in [0.3, 0.4) is 0 Å². The lowest BCUT2D eigenvalue weighted by atomic mass is 10.4. The second kappa shape index (κ2) is 3.53. The van der Waals surface area contributed by atoms with Crippen LogP contribution in [0, 0.1) is 10.5 Å². The predicted molar refractivity (Wildman–Crippen MR) is 51.5 cm³/mol. The molecule has 0 aliphatic carbocycles. The van der Waals surface area contributed by atoms with Crippen molar-refractivity contribution in [2.45, 2.75) is 6.92 Å². The van der Waals surface area contributed by atoms with Crippen molar-refractivity contribution in [1.82, 2.24) is 9.97 Å². The second-order valence-electron chi connectivity index (χ2n) is 2.04. The maximum absolute atomic E-state index is 10.4. The van der Waals surface area contributed by atoms with E-state index in [4.69, 9.17) is 16.7 Å². The molecular formula is C6H4ClIN2O2. The van der Waals surface area contributed by atoms with Crippen molar-refractivity contribution in [2.75, 3.05) is 0 Å². The number of carbonyl (C=O) groups is 1. The van der Waals surface area contributed by atoms with E-state index in [1.165, 1.54) is 0 Å². The molecule has 0 saturated heterocycles. The zero-order chi connectivity index (χ0) is 9.30. The number of carboxylic acids is 1. The molecule has 4 nitrogen and oxygen atoms in total. The Morgan fingerprint density at radius 1 is 1.58 bits per heavy atom. The average Bonchev–Trinajstić information content (AvgIpc) is 1.99. The molecule has 0 bridgehead atoms. The smallest absolute Gasteiger partial charge is 0.373 e. The molecule has 0 aromatic carbocycles. The van der Waals surface area contributed by atoms with Crippen LogP contribution in [0.4, 0.5) is 0 Å². The molecule has 1 rings (SSSR count). The van der Waals surface area contributed by atoms with Gasteiger partial charge in [-0.15, -0.1) is 0 Å². The molecule has 6 heteroatoms. The summed E-state index contributed by atoms with van der Waals surface area (Å²) in [6.07, 6.45) is 0. The number of halogens is 2. The highest BCUT2D eigenvalue weighted by Gasteiger charge is 2.11. The van der Waals surface area contributed by atoms with E-state index >= 15 is 0 Å². The topological polar surface area (TPSA) is 63.1 Å². The first-order chi connectivity index (χ1) is 5.52. The highest BCUT2D eigenvalue weighted by Crippen LogP contribution is 2.17. The molecule has 0 fully saturated rings. The van der Waals surface area contributed by atoms with E-state index in [1.807, 2.05) is 22.6 Å². The summed E-state index contributed by atoms with van der Waals surface area (Å²) in [7, 11) is 0. The summed E-state index contributed by atoms with van der Waals surface area (Å²) in [6.45, 7) is 1.68. The lowest BCUT2D eigenvalue weighted by molar-refractivity contribution is 0.0683. The molecule has 1 aromatic rings. The number of aromatic carboxylic acids is 1. The largest absolute Gasteiger partial charge is 0.475 e. The molecular weight excluding hydrogens is 294 g/mol. The molecule has 0 saturated carbocycles. The fraction of sp³-hybridized carbons (Fsp3) is 0.167. The van der Waals surface area contributed by atoms with Crippen molar-refractivity contribution in [3.8, 4) is 0 Å². The van der Waals surface area contributed by atoms with Crippen molar-refractivity contribution in [3.05, 3.63) is 20.2 Å². The third kappa shape index (κ3) is 1.84. The Hall–Kier alpha value is -0.430. The molecule has 64 valence electrons. The van der Waals surface area contributed by atoms with Crippen LogP contribution in [0.2, 0.25) is 5.15 Å². The summed E-state index contributed by atoms with van der Waals surface area (Å²) >= 11 is 7.60. The number of hydrogen-bond acceptors (Lipinski definition) is 3. The number of aryl methyl sites for hydroxylation is 1. The number of aromatic nitrogens is 2. The fourth-order valence-corrected chi connectivity index (χ4v) is 1.08. The first-order valence-corrected chi connectivity index (χ1v) is 4.41. The third-order valence-electron chi connectivity index (χ3n) is 1.17. The van der Waals surface area contributed by atoms with Gasteiger partial charge in [0.1, 0.15) is 5.15 Å². The molecule has 0 aliphatic rings. The van der Waals surface area contributed by atoms with Crippen LogP contribution in [-0.2, 0) is 0 Å². The SMILES string of the molecule is Cc1nc(C(=O)O)nc(Cl)c1I. The van der Waals surface area contributed by atoms with Gasteiger partial charge in [0, 0.05) is 0 Å². The van der Waals surface area contributed by atoms with Crippen molar-refractivity contribution < 1.29 is 9.90 Å². The Bertz CT molecular complexity index is 319. The molecule has 1 N–H and O–H groups in total. The summed E-state index contributed by atoms with van der Waals surface area (Å²) in [5.74, 6) is -1.44. The normalized spacial score (nSPS) is 9.92. The van der Waals surface area contributed by atoms with Crippen molar-refractivity contribution in [1.29, 1.82) is 0 Å². The van der Waals surface area contributed by atoms with Gasteiger partial charge in [-0.25, -0.2) is 14.8 Å². The molecule has 0 amide bonds. The van der Waals surface area contributed by atoms with Crippen molar-refractivity contribution in [3.63, 3.8) is 0 Å². The summed E-state index contributed by atoms with van der Waals surface area (Å²) in [5.41, 5.74) is 0.577. The van der Waals surface area contributed by atoms with Gasteiger partial charge >= 0.3 is 5.97 Å². The molecule has 0 spiro atoms. The average molecular weight is 298 g/mol. The zero-order valence-electron chi connectivity index (χ0n) is 6.01. The summed E-state index contributed by atoms with van der Waals surface area (Å²) < 4.78 is 0.680. The van der Waals surface area contributed by atoms with Gasteiger partial charge in [0.15, 0.2) is 0 Å². The van der Waals surface area contributed by atoms with Crippen LogP contribution < -0.4 is 0 Å². The van der Waals surface area contributed by atoms with Gasteiger partial charge in [0.2, 0.25) is 5.82 Å². The third-order valence-corrected chi connectivity index (χ3v) is 3.05. The molecule has 0 unspecified atom stereocenters. The zero-order valence-corrected chi connectivity index (χ0v) is 8.92. The Morgan fingerprint density at radius 3 is 2.58 bits per heavy atom.